The molecule has 0 bridgehead atoms. The predicted octanol–water partition coefficient (Wildman–Crippen LogP) is -0.387. The third-order valence-electron chi connectivity index (χ3n) is 2.29. The number of carbonyl (C=O) groups excluding carboxylic acids is 2. The van der Waals surface area contributed by atoms with E-state index < -0.39 is 0 Å². The Hall–Kier alpha value is -0.541. The van der Waals surface area contributed by atoms with Gasteiger partial charge in [0.15, 0.2) is 0 Å². The van der Waals surface area contributed by atoms with Crippen LogP contribution in [0.25, 0.3) is 0 Å². The number of hydrogen-bond donors (Lipinski definition) is 0. The van der Waals surface area contributed by atoms with E-state index >= 15 is 0 Å². The van der Waals surface area contributed by atoms with Crippen molar-refractivity contribution in [1.29, 1.82) is 0 Å². The molecule has 0 aliphatic carbocycles. The number of β-lactam (4-membered cyclic amide) rings is 1. The van der Waals surface area contributed by atoms with Crippen molar-refractivity contribution in [2.24, 2.45) is 0 Å². The Morgan fingerprint density at radius 1 is 1.77 bits per heavy atom. The third-order valence-corrected chi connectivity index (χ3v) is 4.99. The summed E-state index contributed by atoms with van der Waals surface area (Å²) < 4.78 is 4.90. The summed E-state index contributed by atoms with van der Waals surface area (Å²) in [5.74, 6) is -0.109. The van der Waals surface area contributed by atoms with E-state index in [1.54, 1.807) is 11.8 Å². The second-order valence-corrected chi connectivity index (χ2v) is 5.60. The quantitative estimate of drug-likeness (QED) is 0.380. The van der Waals surface area contributed by atoms with E-state index in [-0.39, 0.29) is 17.9 Å². The number of nitrogens with zero attached hydrogens (tertiary/aromatic N) is 1. The van der Waals surface area contributed by atoms with E-state index in [9.17, 15) is 9.59 Å². The van der Waals surface area contributed by atoms with E-state index in [1.807, 2.05) is 0 Å². The van der Waals surface area contributed by atoms with Gasteiger partial charge in [0.2, 0.25) is 0 Å². The van der Waals surface area contributed by atoms with Gasteiger partial charge in [-0.25, -0.2) is 0 Å². The summed E-state index contributed by atoms with van der Waals surface area (Å²) in [6, 6.07) is -0.258. The SMILES string of the molecule is CCOC(=O)[C@H]1C[Se][C@@H]2CC(=O)N12. The summed E-state index contributed by atoms with van der Waals surface area (Å²) in [4.78, 5) is 24.6. The molecule has 0 radical (unpaired) electrons. The van der Waals surface area contributed by atoms with Crippen LogP contribution >= 0.6 is 0 Å². The standard InChI is InChI=1S/C8H11NO3Se/c1-2-12-8(11)5-4-13-7-3-6(10)9(5)7/h5,7H,2-4H2,1H3/t5-,7-/m1/s1. The molecule has 0 aromatic heterocycles. The molecule has 2 heterocycles. The Morgan fingerprint density at radius 2 is 2.54 bits per heavy atom. The maximum absolute atomic E-state index is 11.4. The molecular weight excluding hydrogens is 237 g/mol. The Balaban J connectivity index is 2.00. The van der Waals surface area contributed by atoms with Gasteiger partial charge in [0.1, 0.15) is 0 Å². The summed E-state index contributed by atoms with van der Waals surface area (Å²) in [6.07, 6.45) is 0.649. The number of carbonyl (C=O) groups is 2. The predicted molar refractivity (Wildman–Crippen MR) is 46.2 cm³/mol. The zero-order valence-electron chi connectivity index (χ0n) is 7.36. The molecule has 72 valence electrons. The van der Waals surface area contributed by atoms with Gasteiger partial charge in [-0.15, -0.1) is 0 Å². The first-order valence-corrected chi connectivity index (χ1v) is 6.53. The number of fused-ring (bicyclic) bond motifs is 1. The topological polar surface area (TPSA) is 46.6 Å². The fraction of sp³-hybridized carbons (Fsp3) is 0.750. The zero-order chi connectivity index (χ0) is 9.42. The van der Waals surface area contributed by atoms with E-state index in [4.69, 9.17) is 4.74 Å². The Labute approximate surface area is 82.8 Å². The number of hydrogen-bond acceptors (Lipinski definition) is 3. The van der Waals surface area contributed by atoms with Crippen LogP contribution in [-0.4, -0.2) is 49.3 Å². The second-order valence-electron chi connectivity index (χ2n) is 3.06. The molecule has 2 rings (SSSR count). The van der Waals surface area contributed by atoms with Crippen molar-refractivity contribution in [2.75, 3.05) is 6.61 Å². The van der Waals surface area contributed by atoms with Gasteiger partial charge in [0.05, 0.1) is 0 Å². The summed E-state index contributed by atoms with van der Waals surface area (Å²) in [7, 11) is 0. The molecule has 0 spiro atoms. The van der Waals surface area contributed by atoms with Crippen LogP contribution in [0.4, 0.5) is 0 Å². The zero-order valence-corrected chi connectivity index (χ0v) is 9.07. The third kappa shape index (κ3) is 1.36. The van der Waals surface area contributed by atoms with Crippen molar-refractivity contribution >= 4 is 26.8 Å². The summed E-state index contributed by atoms with van der Waals surface area (Å²) in [5, 5.41) is 0.836. The minimum absolute atomic E-state index is 0.113. The van der Waals surface area contributed by atoms with Gasteiger partial charge < -0.3 is 0 Å². The molecule has 2 saturated heterocycles. The first kappa shape index (κ1) is 9.03. The number of rotatable bonds is 2. The molecular formula is C8H11NO3Se. The summed E-state index contributed by atoms with van der Waals surface area (Å²) in [5.41, 5.74) is 0. The van der Waals surface area contributed by atoms with Crippen molar-refractivity contribution in [3.8, 4) is 0 Å². The van der Waals surface area contributed by atoms with Gasteiger partial charge in [-0.1, -0.05) is 0 Å². The molecule has 5 heteroatoms. The monoisotopic (exact) mass is 249 g/mol. The van der Waals surface area contributed by atoms with Gasteiger partial charge in [0.25, 0.3) is 0 Å². The molecule has 0 aromatic carbocycles. The summed E-state index contributed by atoms with van der Waals surface area (Å²) >= 11 is 0.422. The van der Waals surface area contributed by atoms with Crippen LogP contribution in [0.2, 0.25) is 5.32 Å². The molecule has 13 heavy (non-hydrogen) atoms. The van der Waals surface area contributed by atoms with E-state index in [1.165, 1.54) is 0 Å². The van der Waals surface area contributed by atoms with Gasteiger partial charge in [-0.05, 0) is 0 Å². The van der Waals surface area contributed by atoms with Crippen molar-refractivity contribution < 1.29 is 14.3 Å². The minimum atomic E-state index is -0.258. The molecule has 0 saturated carbocycles. The number of ether oxygens (including phenoxy) is 1. The Morgan fingerprint density at radius 3 is 3.15 bits per heavy atom. The van der Waals surface area contributed by atoms with Gasteiger partial charge in [-0.2, -0.15) is 0 Å². The molecule has 2 aliphatic rings. The Bertz CT molecular complexity index is 256. The first-order chi connectivity index (χ1) is 6.24. The molecule has 2 fully saturated rings. The van der Waals surface area contributed by atoms with Crippen molar-refractivity contribution in [3.05, 3.63) is 0 Å². The molecule has 1 amide bonds. The van der Waals surface area contributed by atoms with Crippen molar-refractivity contribution in [1.82, 2.24) is 4.90 Å². The second kappa shape index (κ2) is 3.31. The van der Waals surface area contributed by atoms with E-state index in [0.717, 1.165) is 5.32 Å². The molecule has 0 aromatic rings. The van der Waals surface area contributed by atoms with Crippen LogP contribution in [0.3, 0.4) is 0 Å². The summed E-state index contributed by atoms with van der Waals surface area (Å²) in [6.45, 7) is 2.18. The molecule has 2 aliphatic heterocycles. The maximum atomic E-state index is 11.4. The first-order valence-electron chi connectivity index (χ1n) is 4.33. The van der Waals surface area contributed by atoms with Crippen LogP contribution in [0.15, 0.2) is 0 Å². The fourth-order valence-corrected chi connectivity index (χ4v) is 4.53. The van der Waals surface area contributed by atoms with Gasteiger partial charge in [0, 0.05) is 0 Å². The van der Waals surface area contributed by atoms with Crippen LogP contribution < -0.4 is 0 Å². The van der Waals surface area contributed by atoms with Crippen LogP contribution in [0.1, 0.15) is 13.3 Å². The molecule has 0 unspecified atom stereocenters. The van der Waals surface area contributed by atoms with Gasteiger partial charge in [-0.3, -0.25) is 0 Å². The average molecular weight is 248 g/mol. The van der Waals surface area contributed by atoms with Crippen molar-refractivity contribution in [2.45, 2.75) is 29.6 Å². The molecule has 4 nitrogen and oxygen atoms in total. The average Bonchev–Trinajstić information content (AvgIpc) is 2.42. The Kier molecular flexibility index (Phi) is 2.30. The van der Waals surface area contributed by atoms with E-state index in [2.05, 4.69) is 0 Å². The van der Waals surface area contributed by atoms with Crippen LogP contribution in [0, 0.1) is 0 Å². The van der Waals surface area contributed by atoms with Gasteiger partial charge >= 0.3 is 82.3 Å². The van der Waals surface area contributed by atoms with E-state index in [0.29, 0.717) is 32.9 Å². The molecule has 2 atom stereocenters. The molecule has 0 N–H and O–H groups in total. The normalized spacial score (nSPS) is 31.2. The number of amides is 1. The number of esters is 1. The fourth-order valence-electron chi connectivity index (χ4n) is 1.62. The van der Waals surface area contributed by atoms with Crippen LogP contribution in [0.5, 0.6) is 0 Å². The van der Waals surface area contributed by atoms with Crippen LogP contribution in [-0.2, 0) is 14.3 Å². The van der Waals surface area contributed by atoms with Crippen molar-refractivity contribution in [3.63, 3.8) is 0 Å².